The minimum atomic E-state index is -1.69. The molecule has 0 saturated heterocycles. The lowest BCUT2D eigenvalue weighted by Gasteiger charge is -2.44. The van der Waals surface area contributed by atoms with Crippen LogP contribution in [0.4, 0.5) is 0 Å². The molecule has 2 aromatic rings. The number of benzene rings is 1. The summed E-state index contributed by atoms with van der Waals surface area (Å²) >= 11 is 10.2. The predicted molar refractivity (Wildman–Crippen MR) is 123 cm³/mol. The normalized spacial score (nSPS) is 21.9. The Hall–Kier alpha value is -0.663. The van der Waals surface area contributed by atoms with E-state index in [1.54, 1.807) is 0 Å². The average Bonchev–Trinajstić information content (AvgIpc) is 3.10. The van der Waals surface area contributed by atoms with Crippen LogP contribution >= 0.6 is 27.5 Å². The molecule has 158 valence electrons. The summed E-state index contributed by atoms with van der Waals surface area (Å²) < 4.78 is 19.0. The largest absolute Gasteiger partial charge is 0.477 e. The third-order valence-corrected chi connectivity index (χ3v) is 12.7. The molecule has 0 bridgehead atoms. The number of nitrogens with zero attached hydrogens (tertiary/aromatic N) is 1. The standard InChI is InChI=1S/C22H29BrClNO3Si/c1-22(2,3)29(4,5)28-14-8-13(9-14)10-27-18-7-6-15-16-11-26-12-17(16)19(23)20(24)21(15)25-18/h6-7,13-14H,8-12H2,1-5H3. The first-order valence-corrected chi connectivity index (χ1v) is 14.3. The van der Waals surface area contributed by atoms with Gasteiger partial charge in [-0.15, -0.1) is 0 Å². The fourth-order valence-corrected chi connectivity index (χ4v) is 5.92. The Morgan fingerprint density at radius 2 is 1.90 bits per heavy atom. The van der Waals surface area contributed by atoms with Gasteiger partial charge in [0, 0.05) is 22.0 Å². The molecule has 0 spiro atoms. The van der Waals surface area contributed by atoms with Gasteiger partial charge in [-0.1, -0.05) is 32.4 Å². The topological polar surface area (TPSA) is 40.6 Å². The Morgan fingerprint density at radius 1 is 1.21 bits per heavy atom. The van der Waals surface area contributed by atoms with Gasteiger partial charge in [-0.25, -0.2) is 4.98 Å². The Kier molecular flexibility index (Phi) is 5.79. The molecular weight excluding hydrogens is 470 g/mol. The molecule has 1 aromatic carbocycles. The zero-order valence-corrected chi connectivity index (χ0v) is 21.1. The summed E-state index contributed by atoms with van der Waals surface area (Å²) in [7, 11) is -1.69. The first-order valence-electron chi connectivity index (χ1n) is 10.2. The molecule has 4 rings (SSSR count). The van der Waals surface area contributed by atoms with Crippen molar-refractivity contribution in [3.05, 3.63) is 32.8 Å². The van der Waals surface area contributed by atoms with E-state index in [0.717, 1.165) is 33.8 Å². The summed E-state index contributed by atoms with van der Waals surface area (Å²) in [6, 6.07) is 3.99. The van der Waals surface area contributed by atoms with Crippen molar-refractivity contribution in [3.63, 3.8) is 0 Å². The number of rotatable bonds is 5. The molecule has 1 saturated carbocycles. The highest BCUT2D eigenvalue weighted by atomic mass is 79.9. The van der Waals surface area contributed by atoms with Gasteiger partial charge in [-0.05, 0) is 70.0 Å². The lowest BCUT2D eigenvalue weighted by molar-refractivity contribution is 0.0280. The summed E-state index contributed by atoms with van der Waals surface area (Å²) in [6.45, 7) is 13.4. The molecular formula is C22H29BrClNO3Si. The molecule has 0 unspecified atom stereocenters. The van der Waals surface area contributed by atoms with Crippen LogP contribution in [0.25, 0.3) is 10.9 Å². The number of halogens is 2. The van der Waals surface area contributed by atoms with Crippen LogP contribution in [0, 0.1) is 5.92 Å². The third kappa shape index (κ3) is 4.11. The Balaban J connectivity index is 1.38. The van der Waals surface area contributed by atoms with Gasteiger partial charge in [0.05, 0.1) is 30.4 Å². The van der Waals surface area contributed by atoms with Crippen LogP contribution in [-0.2, 0) is 22.4 Å². The van der Waals surface area contributed by atoms with Crippen molar-refractivity contribution < 1.29 is 13.9 Å². The van der Waals surface area contributed by atoms with E-state index in [1.165, 1.54) is 5.56 Å². The molecule has 2 aliphatic rings. The molecule has 2 heterocycles. The SMILES string of the molecule is CC(C)(C)[Si](C)(C)OC1CC(COc2ccc3c4c(c(Br)c(Cl)c3n2)COC4)C1. The Bertz CT molecular complexity index is 938. The van der Waals surface area contributed by atoms with Crippen molar-refractivity contribution in [2.45, 2.75) is 71.1 Å². The van der Waals surface area contributed by atoms with E-state index in [2.05, 4.69) is 49.8 Å². The fraction of sp³-hybridized carbons (Fsp3) is 0.591. The molecule has 0 amide bonds. The molecule has 7 heteroatoms. The predicted octanol–water partition coefficient (Wildman–Crippen LogP) is 6.86. The molecule has 4 nitrogen and oxygen atoms in total. The summed E-state index contributed by atoms with van der Waals surface area (Å²) in [4.78, 5) is 4.69. The van der Waals surface area contributed by atoms with Crippen LogP contribution in [0.3, 0.4) is 0 Å². The van der Waals surface area contributed by atoms with Crippen LogP contribution in [0.15, 0.2) is 16.6 Å². The second-order valence-electron chi connectivity index (χ2n) is 9.77. The van der Waals surface area contributed by atoms with Crippen molar-refractivity contribution in [1.82, 2.24) is 4.98 Å². The monoisotopic (exact) mass is 497 g/mol. The smallest absolute Gasteiger partial charge is 0.213 e. The highest BCUT2D eigenvalue weighted by Crippen LogP contribution is 2.42. The van der Waals surface area contributed by atoms with Crippen LogP contribution < -0.4 is 4.74 Å². The van der Waals surface area contributed by atoms with Gasteiger partial charge in [0.25, 0.3) is 0 Å². The summed E-state index contributed by atoms with van der Waals surface area (Å²) in [5.41, 5.74) is 3.06. The van der Waals surface area contributed by atoms with Gasteiger partial charge >= 0.3 is 0 Å². The van der Waals surface area contributed by atoms with Crippen molar-refractivity contribution in [3.8, 4) is 5.88 Å². The van der Waals surface area contributed by atoms with E-state index >= 15 is 0 Å². The molecule has 1 aromatic heterocycles. The average molecular weight is 499 g/mol. The number of aromatic nitrogens is 1. The van der Waals surface area contributed by atoms with E-state index < -0.39 is 8.32 Å². The second kappa shape index (κ2) is 7.79. The quantitative estimate of drug-likeness (QED) is 0.422. The van der Waals surface area contributed by atoms with Gasteiger partial charge in [0.2, 0.25) is 5.88 Å². The van der Waals surface area contributed by atoms with Crippen molar-refractivity contribution in [2.24, 2.45) is 5.92 Å². The molecule has 29 heavy (non-hydrogen) atoms. The first kappa shape index (κ1) is 21.6. The van der Waals surface area contributed by atoms with Crippen molar-refractivity contribution >= 4 is 46.8 Å². The maximum Gasteiger partial charge on any atom is 0.213 e. The number of ether oxygens (including phenoxy) is 2. The van der Waals surface area contributed by atoms with Crippen molar-refractivity contribution in [2.75, 3.05) is 6.61 Å². The van der Waals surface area contributed by atoms with E-state index in [0.29, 0.717) is 42.7 Å². The van der Waals surface area contributed by atoms with Gasteiger partial charge in [-0.3, -0.25) is 0 Å². The Labute approximate surface area is 187 Å². The second-order valence-corrected chi connectivity index (χ2v) is 15.7. The van der Waals surface area contributed by atoms with E-state index in [9.17, 15) is 0 Å². The fourth-order valence-electron chi connectivity index (χ4n) is 3.74. The van der Waals surface area contributed by atoms with E-state index in [4.69, 9.17) is 30.5 Å². The van der Waals surface area contributed by atoms with E-state index in [1.807, 2.05) is 12.1 Å². The lowest BCUT2D eigenvalue weighted by atomic mass is 9.83. The Morgan fingerprint density at radius 3 is 2.59 bits per heavy atom. The molecule has 1 fully saturated rings. The molecule has 1 aliphatic heterocycles. The minimum Gasteiger partial charge on any atom is -0.477 e. The molecule has 0 atom stereocenters. The highest BCUT2D eigenvalue weighted by Gasteiger charge is 2.42. The number of hydrogen-bond acceptors (Lipinski definition) is 4. The van der Waals surface area contributed by atoms with Gasteiger partial charge in [0.15, 0.2) is 8.32 Å². The summed E-state index contributed by atoms with van der Waals surface area (Å²) in [5, 5.41) is 1.92. The summed E-state index contributed by atoms with van der Waals surface area (Å²) in [6.07, 6.45) is 2.51. The highest BCUT2D eigenvalue weighted by molar-refractivity contribution is 9.10. The van der Waals surface area contributed by atoms with Gasteiger partial charge < -0.3 is 13.9 Å². The van der Waals surface area contributed by atoms with Gasteiger partial charge in [0.1, 0.15) is 0 Å². The van der Waals surface area contributed by atoms with Gasteiger partial charge in [-0.2, -0.15) is 0 Å². The molecule has 0 radical (unpaired) electrons. The minimum absolute atomic E-state index is 0.252. The van der Waals surface area contributed by atoms with Crippen LogP contribution in [0.2, 0.25) is 23.2 Å². The van der Waals surface area contributed by atoms with Crippen LogP contribution in [0.1, 0.15) is 44.7 Å². The number of hydrogen-bond donors (Lipinski definition) is 0. The van der Waals surface area contributed by atoms with Crippen LogP contribution in [0.5, 0.6) is 5.88 Å². The first-order chi connectivity index (χ1) is 13.6. The molecule has 1 aliphatic carbocycles. The third-order valence-electron chi connectivity index (χ3n) is 6.64. The maximum atomic E-state index is 6.57. The number of fused-ring (bicyclic) bond motifs is 3. The van der Waals surface area contributed by atoms with E-state index in [-0.39, 0.29) is 5.04 Å². The zero-order chi connectivity index (χ0) is 21.0. The summed E-state index contributed by atoms with van der Waals surface area (Å²) in [5.74, 6) is 1.15. The number of pyridine rings is 1. The lowest BCUT2D eigenvalue weighted by Crippen LogP contribution is -2.48. The maximum absolute atomic E-state index is 6.57. The van der Waals surface area contributed by atoms with Crippen LogP contribution in [-0.4, -0.2) is 26.0 Å². The van der Waals surface area contributed by atoms with Crippen molar-refractivity contribution in [1.29, 1.82) is 0 Å². The zero-order valence-electron chi connectivity index (χ0n) is 17.8. The molecule has 0 N–H and O–H groups in total.